The van der Waals surface area contributed by atoms with Crippen LogP contribution in [0.2, 0.25) is 0 Å². The first kappa shape index (κ1) is 31.0. The van der Waals surface area contributed by atoms with Crippen molar-refractivity contribution >= 4 is 41.0 Å². The van der Waals surface area contributed by atoms with Crippen molar-refractivity contribution in [2.75, 3.05) is 7.11 Å². The van der Waals surface area contributed by atoms with Crippen LogP contribution in [0.25, 0.3) is 5.57 Å². The molecule has 0 aliphatic carbocycles. The summed E-state index contributed by atoms with van der Waals surface area (Å²) in [5.74, 6) is -2.80. The van der Waals surface area contributed by atoms with Gasteiger partial charge in [0.2, 0.25) is 11.8 Å². The molecule has 1 heterocycles. The summed E-state index contributed by atoms with van der Waals surface area (Å²) in [7, 11) is 1.24. The first-order valence-electron chi connectivity index (χ1n) is 13.1. The van der Waals surface area contributed by atoms with E-state index in [1.165, 1.54) is 37.6 Å². The summed E-state index contributed by atoms with van der Waals surface area (Å²) in [6.07, 6.45) is 0.561. The third-order valence-corrected chi connectivity index (χ3v) is 6.73. The fraction of sp³-hybridized carbons (Fsp3) is 0.345. The van der Waals surface area contributed by atoms with Crippen LogP contribution in [0.4, 0.5) is 10.5 Å². The number of nitrogens with zero attached hydrogens (tertiary/aromatic N) is 1. The van der Waals surface area contributed by atoms with Gasteiger partial charge in [0.05, 0.1) is 12.7 Å². The van der Waals surface area contributed by atoms with Gasteiger partial charge in [-0.1, -0.05) is 30.6 Å². The predicted molar refractivity (Wildman–Crippen MR) is 149 cm³/mol. The first-order valence-corrected chi connectivity index (χ1v) is 13.1. The highest BCUT2D eigenvalue weighted by atomic mass is 16.5. The van der Waals surface area contributed by atoms with E-state index in [9.17, 15) is 29.1 Å². The third-order valence-electron chi connectivity index (χ3n) is 6.73. The summed E-state index contributed by atoms with van der Waals surface area (Å²) in [6, 6.07) is 11.9. The smallest absolute Gasteiger partial charge is 0.465 e. The number of carbonyl (C=O) groups is 5. The Balaban J connectivity index is 1.85. The molecule has 12 nitrogen and oxygen atoms in total. The molecule has 4 amide bonds. The van der Waals surface area contributed by atoms with E-state index in [1.807, 2.05) is 13.8 Å². The van der Waals surface area contributed by atoms with Crippen LogP contribution in [0.1, 0.15) is 66.3 Å². The maximum atomic E-state index is 13.2. The van der Waals surface area contributed by atoms with Crippen LogP contribution in [-0.2, 0) is 14.3 Å². The highest BCUT2D eigenvalue weighted by Crippen LogP contribution is 2.41. The number of methoxy groups -OCH3 is 1. The largest absolute Gasteiger partial charge is 0.549 e. The highest BCUT2D eigenvalue weighted by Gasteiger charge is 2.48. The Morgan fingerprint density at radius 3 is 2.17 bits per heavy atom. The van der Waals surface area contributed by atoms with Gasteiger partial charge in [-0.25, -0.2) is 10.3 Å². The molecule has 5 N–H and O–H groups in total. The number of ether oxygens (including phenoxy) is 1. The molecule has 0 fully saturated rings. The van der Waals surface area contributed by atoms with E-state index in [4.69, 9.17) is 5.21 Å². The van der Waals surface area contributed by atoms with Gasteiger partial charge >= 0.3 is 12.1 Å². The van der Waals surface area contributed by atoms with E-state index < -0.39 is 40.4 Å². The lowest BCUT2D eigenvalue weighted by atomic mass is 9.92. The van der Waals surface area contributed by atoms with Crippen LogP contribution < -0.4 is 20.8 Å². The molecule has 2 aromatic carbocycles. The molecular weight excluding hydrogens is 532 g/mol. The topological polar surface area (TPSA) is 171 Å². The van der Waals surface area contributed by atoms with Gasteiger partial charge in [0, 0.05) is 41.1 Å². The number of amides is 4. The molecule has 0 aromatic heterocycles. The number of para-hydroxylation sites is 1. The molecule has 218 valence electrons. The molecule has 3 rings (SSSR count). The summed E-state index contributed by atoms with van der Waals surface area (Å²) in [5.41, 5.74) is 6.02. The Morgan fingerprint density at radius 1 is 0.951 bits per heavy atom. The zero-order valence-corrected chi connectivity index (χ0v) is 23.3. The lowest BCUT2D eigenvalue weighted by Gasteiger charge is -2.25. The second-order valence-corrected chi connectivity index (χ2v) is 10.4. The van der Waals surface area contributed by atoms with Crippen molar-refractivity contribution in [3.05, 3.63) is 71.4 Å². The zero-order valence-electron chi connectivity index (χ0n) is 23.3. The molecule has 3 atom stereocenters. The van der Waals surface area contributed by atoms with Crippen LogP contribution in [0.3, 0.4) is 0 Å². The number of benzene rings is 2. The van der Waals surface area contributed by atoms with Gasteiger partial charge < -0.3 is 15.2 Å². The maximum Gasteiger partial charge on any atom is 0.549 e. The molecule has 0 radical (unpaired) electrons. The quantitative estimate of drug-likeness (QED) is 0.125. The number of hydrogen-bond acceptors (Lipinski definition) is 7. The van der Waals surface area contributed by atoms with Crippen LogP contribution in [0.5, 0.6) is 0 Å². The number of carbonyl (C=O) groups excluding carboxylic acids is 4. The molecule has 2 unspecified atom stereocenters. The van der Waals surface area contributed by atoms with Gasteiger partial charge in [-0.05, 0) is 56.0 Å². The second kappa shape index (κ2) is 13.2. The molecule has 1 aliphatic heterocycles. The number of fused-ring (bicyclic) bond motifs is 1. The fourth-order valence-corrected chi connectivity index (χ4v) is 4.85. The monoisotopic (exact) mass is 567 g/mol. The van der Waals surface area contributed by atoms with Crippen molar-refractivity contribution < 1.29 is 39.0 Å². The van der Waals surface area contributed by atoms with E-state index in [0.717, 1.165) is 0 Å². The van der Waals surface area contributed by atoms with Crippen molar-refractivity contribution in [2.24, 2.45) is 11.8 Å². The summed E-state index contributed by atoms with van der Waals surface area (Å²) in [5, 5.41) is 22.1. The molecular formula is C29H35N4O8+. The third kappa shape index (κ3) is 7.16. The Kier molecular flexibility index (Phi) is 9.98. The molecule has 2 aromatic rings. The zero-order chi connectivity index (χ0) is 30.3. The van der Waals surface area contributed by atoms with Gasteiger partial charge in [-0.3, -0.25) is 19.6 Å². The van der Waals surface area contributed by atoms with Crippen molar-refractivity contribution in [3.63, 3.8) is 0 Å². The SMILES string of the molecule is COC(=O)c1ccc(C(=O)N[N+]2(C(=O)O)C=C(C[C@@H](C)NC(=O)C(CC(=O)NO)CC(C)C)c3ccccc32)cc1. The standard InChI is InChI=1S/C29H34N4O8/c1-17(2)13-21(15-25(34)32-40)26(35)30-18(3)14-22-16-33(29(38)39,24-8-6-5-7-23(22)24)31-27(36)19-9-11-20(12-10-19)28(37)41-4/h5-12,16-18,21H,13-15H2,1-4H3,(H4-,30,31,32,34,35,36,37,38,39,40)/p+1/t18-,21?,33?/m1/s1. The van der Waals surface area contributed by atoms with Crippen molar-refractivity contribution in [3.8, 4) is 0 Å². The number of quaternary nitrogens is 1. The van der Waals surface area contributed by atoms with Gasteiger partial charge in [0.15, 0.2) is 5.69 Å². The van der Waals surface area contributed by atoms with Crippen LogP contribution in [0, 0.1) is 11.8 Å². The van der Waals surface area contributed by atoms with Crippen LogP contribution in [0.15, 0.2) is 54.7 Å². The van der Waals surface area contributed by atoms with Gasteiger partial charge in [-0.2, -0.15) is 10.2 Å². The van der Waals surface area contributed by atoms with E-state index in [-0.39, 0.29) is 35.8 Å². The first-order chi connectivity index (χ1) is 19.4. The minimum atomic E-state index is -1.35. The lowest BCUT2D eigenvalue weighted by Crippen LogP contribution is -2.60. The molecule has 0 bridgehead atoms. The number of carboxylic acid groups (broad SMARTS) is 1. The summed E-state index contributed by atoms with van der Waals surface area (Å²) in [6.45, 7) is 5.60. The van der Waals surface area contributed by atoms with Gasteiger partial charge in [-0.15, -0.1) is 0 Å². The Bertz CT molecular complexity index is 1350. The molecule has 0 spiro atoms. The Labute approximate surface area is 237 Å². The lowest BCUT2D eigenvalue weighted by molar-refractivity contribution is -0.135. The molecule has 1 aliphatic rings. The summed E-state index contributed by atoms with van der Waals surface area (Å²) >= 11 is 0. The van der Waals surface area contributed by atoms with Crippen LogP contribution in [-0.4, -0.2) is 53.2 Å². The maximum absolute atomic E-state index is 13.2. The fourth-order valence-electron chi connectivity index (χ4n) is 4.85. The Morgan fingerprint density at radius 2 is 1.59 bits per heavy atom. The summed E-state index contributed by atoms with van der Waals surface area (Å²) < 4.78 is 3.66. The number of nitrogens with one attached hydrogen (secondary N) is 3. The van der Waals surface area contributed by atoms with Crippen LogP contribution >= 0.6 is 0 Å². The van der Waals surface area contributed by atoms with E-state index >= 15 is 0 Å². The number of hydroxylamine groups is 1. The van der Waals surface area contributed by atoms with Crippen molar-refractivity contribution in [1.29, 1.82) is 0 Å². The highest BCUT2D eigenvalue weighted by molar-refractivity contribution is 6.02. The van der Waals surface area contributed by atoms with E-state index in [1.54, 1.807) is 36.7 Å². The van der Waals surface area contributed by atoms with Crippen molar-refractivity contribution in [1.82, 2.24) is 20.8 Å². The molecule has 12 heteroatoms. The minimum absolute atomic E-state index is 0.130. The van der Waals surface area contributed by atoms with Gasteiger partial charge in [0.25, 0.3) is 5.91 Å². The van der Waals surface area contributed by atoms with E-state index in [0.29, 0.717) is 23.2 Å². The number of hydrogen-bond donors (Lipinski definition) is 5. The van der Waals surface area contributed by atoms with Gasteiger partial charge in [0.1, 0.15) is 6.20 Å². The normalized spacial score (nSPS) is 17.1. The second-order valence-electron chi connectivity index (χ2n) is 10.4. The van der Waals surface area contributed by atoms with Crippen molar-refractivity contribution in [2.45, 2.75) is 46.1 Å². The average molecular weight is 568 g/mol. The predicted octanol–water partition coefficient (Wildman–Crippen LogP) is 3.61. The number of rotatable bonds is 10. The summed E-state index contributed by atoms with van der Waals surface area (Å²) in [4.78, 5) is 62.3. The molecule has 0 saturated heterocycles. The Hall–Kier alpha value is -4.55. The molecule has 0 saturated carbocycles. The number of esters is 1. The van der Waals surface area contributed by atoms with E-state index in [2.05, 4.69) is 15.5 Å². The minimum Gasteiger partial charge on any atom is -0.465 e. The average Bonchev–Trinajstić information content (AvgIpc) is 3.25. The molecule has 41 heavy (non-hydrogen) atoms.